The average Bonchev–Trinajstić information content (AvgIpc) is 2.91. The van der Waals surface area contributed by atoms with Crippen LogP contribution in [0.5, 0.6) is 0 Å². The molecule has 100 valence electrons. The molecular weight excluding hydrogens is 274 g/mol. The Kier molecular flexibility index (Phi) is 3.08. The third kappa shape index (κ3) is 2.21. The van der Waals surface area contributed by atoms with E-state index in [1.165, 1.54) is 21.9 Å². The second kappa shape index (κ2) is 4.90. The standard InChI is InChI=1S/C14H11N3O2S/c1-9-2-4-10(5-3-9)16-12(18)11-8-15-14-17(13(11)19)6-7-20-14/h2-8H,1H3,(H,16,18). The van der Waals surface area contributed by atoms with Gasteiger partial charge in [0.2, 0.25) is 0 Å². The summed E-state index contributed by atoms with van der Waals surface area (Å²) in [6.07, 6.45) is 2.93. The number of nitrogens with zero attached hydrogens (tertiary/aromatic N) is 2. The van der Waals surface area contributed by atoms with Crippen LogP contribution in [0.1, 0.15) is 15.9 Å². The highest BCUT2D eigenvalue weighted by atomic mass is 32.1. The van der Waals surface area contributed by atoms with E-state index in [4.69, 9.17) is 0 Å². The second-order valence-corrected chi connectivity index (χ2v) is 5.23. The van der Waals surface area contributed by atoms with Gasteiger partial charge in [0.1, 0.15) is 5.56 Å². The molecule has 5 nitrogen and oxygen atoms in total. The Morgan fingerprint density at radius 1 is 1.30 bits per heavy atom. The zero-order valence-electron chi connectivity index (χ0n) is 10.7. The van der Waals surface area contributed by atoms with Crippen molar-refractivity contribution in [3.05, 3.63) is 63.5 Å². The third-order valence-electron chi connectivity index (χ3n) is 2.90. The van der Waals surface area contributed by atoms with Crippen LogP contribution in [0.25, 0.3) is 4.96 Å². The summed E-state index contributed by atoms with van der Waals surface area (Å²) in [6, 6.07) is 7.37. The first-order chi connectivity index (χ1) is 9.65. The van der Waals surface area contributed by atoms with Crippen LogP contribution >= 0.6 is 11.3 Å². The van der Waals surface area contributed by atoms with Gasteiger partial charge in [-0.2, -0.15) is 0 Å². The van der Waals surface area contributed by atoms with Crippen LogP contribution in [0, 0.1) is 6.92 Å². The van der Waals surface area contributed by atoms with Gasteiger partial charge in [0, 0.05) is 23.5 Å². The van der Waals surface area contributed by atoms with Gasteiger partial charge in [-0.1, -0.05) is 17.7 Å². The highest BCUT2D eigenvalue weighted by molar-refractivity contribution is 7.15. The summed E-state index contributed by atoms with van der Waals surface area (Å²) in [5, 5.41) is 4.45. The molecule has 0 unspecified atom stereocenters. The average molecular weight is 285 g/mol. The number of carbonyl (C=O) groups is 1. The maximum Gasteiger partial charge on any atom is 0.271 e. The van der Waals surface area contributed by atoms with Crippen LogP contribution in [0.4, 0.5) is 5.69 Å². The van der Waals surface area contributed by atoms with Crippen molar-refractivity contribution in [2.45, 2.75) is 6.92 Å². The number of amides is 1. The molecule has 3 aromatic rings. The topological polar surface area (TPSA) is 63.5 Å². The van der Waals surface area contributed by atoms with Crippen LogP contribution in [0.15, 0.2) is 46.8 Å². The Bertz CT molecular complexity index is 833. The largest absolute Gasteiger partial charge is 0.322 e. The number of fused-ring (bicyclic) bond motifs is 1. The minimum absolute atomic E-state index is 0.0291. The lowest BCUT2D eigenvalue weighted by molar-refractivity contribution is 0.102. The smallest absolute Gasteiger partial charge is 0.271 e. The predicted molar refractivity (Wildman–Crippen MR) is 78.5 cm³/mol. The van der Waals surface area contributed by atoms with E-state index in [1.807, 2.05) is 19.1 Å². The molecule has 0 spiro atoms. The van der Waals surface area contributed by atoms with Crippen molar-refractivity contribution >= 4 is 27.9 Å². The van der Waals surface area contributed by atoms with E-state index in [2.05, 4.69) is 10.3 Å². The second-order valence-electron chi connectivity index (χ2n) is 4.35. The van der Waals surface area contributed by atoms with Crippen LogP contribution in [-0.4, -0.2) is 15.3 Å². The number of hydrogen-bond donors (Lipinski definition) is 1. The van der Waals surface area contributed by atoms with Crippen molar-refractivity contribution in [2.75, 3.05) is 5.32 Å². The Morgan fingerprint density at radius 2 is 2.05 bits per heavy atom. The summed E-state index contributed by atoms with van der Waals surface area (Å²) in [6.45, 7) is 1.96. The fourth-order valence-electron chi connectivity index (χ4n) is 1.82. The molecule has 1 N–H and O–H groups in total. The molecule has 1 aromatic carbocycles. The van der Waals surface area contributed by atoms with E-state index in [9.17, 15) is 9.59 Å². The van der Waals surface area contributed by atoms with Crippen LogP contribution < -0.4 is 10.9 Å². The van der Waals surface area contributed by atoms with E-state index in [0.29, 0.717) is 10.6 Å². The highest BCUT2D eigenvalue weighted by Crippen LogP contribution is 2.10. The molecule has 3 rings (SSSR count). The van der Waals surface area contributed by atoms with Crippen molar-refractivity contribution < 1.29 is 4.79 Å². The number of anilines is 1. The first-order valence-electron chi connectivity index (χ1n) is 5.98. The number of aryl methyl sites for hydroxylation is 1. The lowest BCUT2D eigenvalue weighted by Crippen LogP contribution is -2.25. The van der Waals surface area contributed by atoms with Crippen LogP contribution in [0.2, 0.25) is 0 Å². The van der Waals surface area contributed by atoms with E-state index < -0.39 is 5.91 Å². The van der Waals surface area contributed by atoms with Gasteiger partial charge in [0.15, 0.2) is 4.96 Å². The Hall–Kier alpha value is -2.47. The van der Waals surface area contributed by atoms with Crippen LogP contribution in [-0.2, 0) is 0 Å². The quantitative estimate of drug-likeness (QED) is 0.786. The lowest BCUT2D eigenvalue weighted by atomic mass is 10.2. The summed E-state index contributed by atoms with van der Waals surface area (Å²) in [7, 11) is 0. The summed E-state index contributed by atoms with van der Waals surface area (Å²) in [4.78, 5) is 28.9. The molecule has 0 atom stereocenters. The van der Waals surface area contributed by atoms with Gasteiger partial charge >= 0.3 is 0 Å². The minimum Gasteiger partial charge on any atom is -0.322 e. The van der Waals surface area contributed by atoms with Gasteiger partial charge in [-0.15, -0.1) is 11.3 Å². The molecule has 0 radical (unpaired) electrons. The SMILES string of the molecule is Cc1ccc(NC(=O)c2cnc3sccn3c2=O)cc1. The molecule has 1 amide bonds. The normalized spacial score (nSPS) is 10.7. The Labute approximate surface area is 118 Å². The van der Waals surface area contributed by atoms with Gasteiger partial charge in [0.25, 0.3) is 11.5 Å². The summed E-state index contributed by atoms with van der Waals surface area (Å²) in [5.74, 6) is -0.452. The molecule has 0 fully saturated rings. The first-order valence-corrected chi connectivity index (χ1v) is 6.86. The number of aromatic nitrogens is 2. The molecule has 6 heteroatoms. The monoisotopic (exact) mass is 285 g/mol. The molecular formula is C14H11N3O2S. The first kappa shape index (κ1) is 12.6. The maximum atomic E-state index is 12.1. The van der Waals surface area contributed by atoms with Crippen molar-refractivity contribution in [1.29, 1.82) is 0 Å². The summed E-state index contributed by atoms with van der Waals surface area (Å²) < 4.78 is 1.37. The fourth-order valence-corrected chi connectivity index (χ4v) is 2.49. The number of thiazole rings is 1. The van der Waals surface area contributed by atoms with Crippen molar-refractivity contribution in [3.63, 3.8) is 0 Å². The third-order valence-corrected chi connectivity index (χ3v) is 3.67. The molecule has 0 aliphatic heterocycles. The van der Waals surface area contributed by atoms with E-state index in [-0.39, 0.29) is 11.1 Å². The number of rotatable bonds is 2. The van der Waals surface area contributed by atoms with E-state index in [1.54, 1.807) is 23.7 Å². The predicted octanol–water partition coefficient (Wildman–Crippen LogP) is 2.32. The molecule has 2 heterocycles. The van der Waals surface area contributed by atoms with Gasteiger partial charge in [-0.3, -0.25) is 14.0 Å². The van der Waals surface area contributed by atoms with Gasteiger partial charge in [-0.25, -0.2) is 4.98 Å². The molecule has 0 bridgehead atoms. The number of nitrogens with one attached hydrogen (secondary N) is 1. The van der Waals surface area contributed by atoms with Gasteiger partial charge in [0.05, 0.1) is 0 Å². The summed E-state index contributed by atoms with van der Waals surface area (Å²) >= 11 is 1.35. The van der Waals surface area contributed by atoms with Gasteiger partial charge in [-0.05, 0) is 19.1 Å². The lowest BCUT2D eigenvalue weighted by Gasteiger charge is -2.05. The Morgan fingerprint density at radius 3 is 2.80 bits per heavy atom. The van der Waals surface area contributed by atoms with Crippen LogP contribution in [0.3, 0.4) is 0 Å². The zero-order chi connectivity index (χ0) is 14.1. The maximum absolute atomic E-state index is 12.1. The van der Waals surface area contributed by atoms with Crippen molar-refractivity contribution in [3.8, 4) is 0 Å². The number of carbonyl (C=O) groups excluding carboxylic acids is 1. The molecule has 0 aliphatic carbocycles. The number of hydrogen-bond acceptors (Lipinski definition) is 4. The fraction of sp³-hybridized carbons (Fsp3) is 0.0714. The summed E-state index contributed by atoms with van der Waals surface area (Å²) in [5.41, 5.74) is 1.42. The molecule has 2 aromatic heterocycles. The molecule has 0 aliphatic rings. The zero-order valence-corrected chi connectivity index (χ0v) is 11.5. The van der Waals surface area contributed by atoms with E-state index in [0.717, 1.165) is 5.56 Å². The van der Waals surface area contributed by atoms with Gasteiger partial charge < -0.3 is 5.32 Å². The molecule has 20 heavy (non-hydrogen) atoms. The minimum atomic E-state index is -0.452. The molecule has 0 saturated carbocycles. The van der Waals surface area contributed by atoms with E-state index >= 15 is 0 Å². The highest BCUT2D eigenvalue weighted by Gasteiger charge is 2.13. The van der Waals surface area contributed by atoms with Crippen molar-refractivity contribution in [2.24, 2.45) is 0 Å². The van der Waals surface area contributed by atoms with Crippen molar-refractivity contribution in [1.82, 2.24) is 9.38 Å². The molecule has 0 saturated heterocycles. The Balaban J connectivity index is 1.94. The number of benzene rings is 1.